The molecular weight excluding hydrogens is 250 g/mol. The zero-order valence-electron chi connectivity index (χ0n) is 11.3. The summed E-state index contributed by atoms with van der Waals surface area (Å²) < 4.78 is 5.63. The van der Waals surface area contributed by atoms with Crippen LogP contribution < -0.4 is 10.5 Å². The lowest BCUT2D eigenvalue weighted by molar-refractivity contribution is 0.103. The number of para-hydroxylation sites is 1. The summed E-state index contributed by atoms with van der Waals surface area (Å²) in [5.74, 6) is 0.771. The van der Waals surface area contributed by atoms with Gasteiger partial charge in [0.15, 0.2) is 5.78 Å². The Morgan fingerprint density at radius 3 is 2.75 bits per heavy atom. The molecule has 102 valence electrons. The fourth-order valence-corrected chi connectivity index (χ4v) is 2.65. The maximum Gasteiger partial charge on any atom is 0.197 e. The summed E-state index contributed by atoms with van der Waals surface area (Å²) in [5, 5.41) is 0. The summed E-state index contributed by atoms with van der Waals surface area (Å²) in [4.78, 5) is 12.8. The summed E-state index contributed by atoms with van der Waals surface area (Å²) in [5.41, 5.74) is 9.12. The number of ether oxygens (including phenoxy) is 1. The molecule has 0 bridgehead atoms. The molecule has 0 aromatic heterocycles. The Balaban J connectivity index is 2.04. The number of fused-ring (bicyclic) bond motifs is 1. The minimum Gasteiger partial charge on any atom is -0.492 e. The zero-order chi connectivity index (χ0) is 13.9. The smallest absolute Gasteiger partial charge is 0.197 e. The highest BCUT2D eigenvalue weighted by molar-refractivity contribution is 6.11. The van der Waals surface area contributed by atoms with Gasteiger partial charge in [-0.3, -0.25) is 4.79 Å². The van der Waals surface area contributed by atoms with Crippen LogP contribution in [-0.4, -0.2) is 18.9 Å². The van der Waals surface area contributed by atoms with Crippen molar-refractivity contribution in [2.75, 3.05) is 13.2 Å². The molecule has 0 amide bonds. The highest BCUT2D eigenvalue weighted by atomic mass is 16.5. The van der Waals surface area contributed by atoms with E-state index in [0.29, 0.717) is 25.1 Å². The Morgan fingerprint density at radius 1 is 1.10 bits per heavy atom. The quantitative estimate of drug-likeness (QED) is 0.865. The molecule has 2 aromatic carbocycles. The molecule has 0 saturated heterocycles. The molecule has 0 fully saturated rings. The molecule has 0 spiro atoms. The highest BCUT2D eigenvalue weighted by Crippen LogP contribution is 2.31. The fraction of sp³-hybridized carbons (Fsp3) is 0.235. The van der Waals surface area contributed by atoms with Gasteiger partial charge in [-0.25, -0.2) is 0 Å². The first-order valence-corrected chi connectivity index (χ1v) is 6.88. The molecule has 2 aromatic rings. The third-order valence-electron chi connectivity index (χ3n) is 3.63. The first-order valence-electron chi connectivity index (χ1n) is 6.88. The van der Waals surface area contributed by atoms with E-state index in [4.69, 9.17) is 10.5 Å². The molecule has 0 aliphatic carbocycles. The van der Waals surface area contributed by atoms with E-state index >= 15 is 0 Å². The molecule has 3 nitrogen and oxygen atoms in total. The second-order valence-electron chi connectivity index (χ2n) is 4.92. The van der Waals surface area contributed by atoms with Crippen LogP contribution in [-0.2, 0) is 12.8 Å². The molecule has 0 atom stereocenters. The van der Waals surface area contributed by atoms with Crippen molar-refractivity contribution in [3.63, 3.8) is 0 Å². The van der Waals surface area contributed by atoms with Gasteiger partial charge in [0.2, 0.25) is 0 Å². The van der Waals surface area contributed by atoms with Crippen LogP contribution in [0.2, 0.25) is 0 Å². The van der Waals surface area contributed by atoms with Crippen molar-refractivity contribution in [2.24, 2.45) is 5.73 Å². The molecule has 1 heterocycles. The number of ketones is 1. The van der Waals surface area contributed by atoms with E-state index in [1.165, 1.54) is 0 Å². The second-order valence-corrected chi connectivity index (χ2v) is 4.92. The second kappa shape index (κ2) is 5.47. The molecule has 3 heteroatoms. The van der Waals surface area contributed by atoms with Crippen molar-refractivity contribution in [1.29, 1.82) is 0 Å². The Morgan fingerprint density at radius 2 is 1.90 bits per heavy atom. The van der Waals surface area contributed by atoms with Crippen LogP contribution in [0.5, 0.6) is 5.75 Å². The maximum atomic E-state index is 12.8. The minimum atomic E-state index is 0.0211. The van der Waals surface area contributed by atoms with Crippen LogP contribution in [0.4, 0.5) is 0 Å². The van der Waals surface area contributed by atoms with Gasteiger partial charge in [-0.2, -0.15) is 0 Å². The minimum absolute atomic E-state index is 0.0211. The summed E-state index contributed by atoms with van der Waals surface area (Å²) in [6, 6.07) is 13.4. The van der Waals surface area contributed by atoms with Crippen LogP contribution >= 0.6 is 0 Å². The third kappa shape index (κ3) is 2.21. The van der Waals surface area contributed by atoms with E-state index in [2.05, 4.69) is 0 Å². The zero-order valence-corrected chi connectivity index (χ0v) is 11.3. The van der Waals surface area contributed by atoms with Crippen molar-refractivity contribution >= 4 is 5.78 Å². The van der Waals surface area contributed by atoms with Gasteiger partial charge in [-0.05, 0) is 30.2 Å². The normalized spacial score (nSPS) is 12.8. The van der Waals surface area contributed by atoms with E-state index in [1.807, 2.05) is 42.5 Å². The fourth-order valence-electron chi connectivity index (χ4n) is 2.65. The number of nitrogens with two attached hydrogens (primary N) is 1. The summed E-state index contributed by atoms with van der Waals surface area (Å²) in [7, 11) is 0. The molecule has 0 saturated carbocycles. The molecule has 20 heavy (non-hydrogen) atoms. The SMILES string of the molecule is NCCc1ccccc1C(=O)c1cccc2c1OCC2. The molecular formula is C17H17NO2. The molecule has 0 unspecified atom stereocenters. The van der Waals surface area contributed by atoms with E-state index in [-0.39, 0.29) is 5.78 Å². The lowest BCUT2D eigenvalue weighted by Crippen LogP contribution is -2.10. The van der Waals surface area contributed by atoms with Gasteiger partial charge in [0.25, 0.3) is 0 Å². The summed E-state index contributed by atoms with van der Waals surface area (Å²) in [6.07, 6.45) is 1.58. The lowest BCUT2D eigenvalue weighted by Gasteiger charge is -2.10. The van der Waals surface area contributed by atoms with Gasteiger partial charge in [-0.1, -0.05) is 36.4 Å². The maximum absolute atomic E-state index is 12.8. The van der Waals surface area contributed by atoms with E-state index in [1.54, 1.807) is 0 Å². The van der Waals surface area contributed by atoms with Gasteiger partial charge >= 0.3 is 0 Å². The number of carbonyl (C=O) groups excluding carboxylic acids is 1. The van der Waals surface area contributed by atoms with Gasteiger partial charge < -0.3 is 10.5 Å². The average Bonchev–Trinajstić information content (AvgIpc) is 2.96. The molecule has 0 radical (unpaired) electrons. The van der Waals surface area contributed by atoms with Gasteiger partial charge in [0, 0.05) is 12.0 Å². The Kier molecular flexibility index (Phi) is 3.52. The standard InChI is InChI=1S/C17H17NO2/c18-10-8-12-4-1-2-6-14(12)16(19)15-7-3-5-13-9-11-20-17(13)15/h1-7H,8-11,18H2. The van der Waals surface area contributed by atoms with Crippen molar-refractivity contribution < 1.29 is 9.53 Å². The monoisotopic (exact) mass is 267 g/mol. The number of hydrogen-bond acceptors (Lipinski definition) is 3. The highest BCUT2D eigenvalue weighted by Gasteiger charge is 2.22. The predicted molar refractivity (Wildman–Crippen MR) is 78.3 cm³/mol. The van der Waals surface area contributed by atoms with Crippen LogP contribution in [0.3, 0.4) is 0 Å². The van der Waals surface area contributed by atoms with Crippen molar-refractivity contribution in [2.45, 2.75) is 12.8 Å². The summed E-state index contributed by atoms with van der Waals surface area (Å²) >= 11 is 0. The van der Waals surface area contributed by atoms with Crippen molar-refractivity contribution in [3.8, 4) is 5.75 Å². The van der Waals surface area contributed by atoms with Crippen molar-refractivity contribution in [3.05, 3.63) is 64.7 Å². The third-order valence-corrected chi connectivity index (χ3v) is 3.63. The number of benzene rings is 2. The molecule has 2 N–H and O–H groups in total. The Bertz CT molecular complexity index is 649. The van der Waals surface area contributed by atoms with Gasteiger partial charge in [-0.15, -0.1) is 0 Å². The van der Waals surface area contributed by atoms with Crippen LogP contribution in [0.15, 0.2) is 42.5 Å². The van der Waals surface area contributed by atoms with Gasteiger partial charge in [0.1, 0.15) is 5.75 Å². The van der Waals surface area contributed by atoms with Crippen molar-refractivity contribution in [1.82, 2.24) is 0 Å². The Hall–Kier alpha value is -2.13. The van der Waals surface area contributed by atoms with Crippen LogP contribution in [0.1, 0.15) is 27.0 Å². The topological polar surface area (TPSA) is 52.3 Å². The van der Waals surface area contributed by atoms with E-state index in [0.717, 1.165) is 28.9 Å². The van der Waals surface area contributed by atoms with Crippen LogP contribution in [0, 0.1) is 0 Å². The molecule has 1 aliphatic rings. The number of carbonyl (C=O) groups is 1. The summed E-state index contributed by atoms with van der Waals surface area (Å²) in [6.45, 7) is 1.19. The van der Waals surface area contributed by atoms with E-state index < -0.39 is 0 Å². The van der Waals surface area contributed by atoms with Gasteiger partial charge in [0.05, 0.1) is 12.2 Å². The average molecular weight is 267 g/mol. The molecule has 1 aliphatic heterocycles. The first-order chi connectivity index (χ1) is 9.81. The van der Waals surface area contributed by atoms with Crippen LogP contribution in [0.25, 0.3) is 0 Å². The first kappa shape index (κ1) is 12.9. The number of rotatable bonds is 4. The largest absolute Gasteiger partial charge is 0.492 e. The van der Waals surface area contributed by atoms with E-state index in [9.17, 15) is 4.79 Å². The molecule has 3 rings (SSSR count). The predicted octanol–water partition coefficient (Wildman–Crippen LogP) is 2.35. The number of hydrogen-bond donors (Lipinski definition) is 1. The lowest BCUT2D eigenvalue weighted by atomic mass is 9.95. The Labute approximate surface area is 118 Å².